The first-order valence-electron chi connectivity index (χ1n) is 10.4. The average molecular weight is 441 g/mol. The summed E-state index contributed by atoms with van der Waals surface area (Å²) in [6, 6.07) is 18.1. The number of rotatable bonds is 7. The van der Waals surface area contributed by atoms with Crippen LogP contribution in [0.5, 0.6) is 0 Å². The van der Waals surface area contributed by atoms with Crippen LogP contribution in [0.2, 0.25) is 0 Å². The Hall–Kier alpha value is -4.40. The van der Waals surface area contributed by atoms with Crippen molar-refractivity contribution in [3.05, 3.63) is 90.0 Å². The molecule has 4 aromatic rings. The molecule has 0 saturated heterocycles. The summed E-state index contributed by atoms with van der Waals surface area (Å²) in [6.07, 6.45) is 3.12. The molecule has 0 radical (unpaired) electrons. The van der Waals surface area contributed by atoms with Crippen LogP contribution in [-0.4, -0.2) is 43.0 Å². The number of nitrogens with zero attached hydrogens (tertiary/aromatic N) is 5. The number of benzene rings is 2. The fourth-order valence-corrected chi connectivity index (χ4v) is 3.25. The van der Waals surface area contributed by atoms with E-state index in [1.807, 2.05) is 55.5 Å². The number of aromatic nitrogens is 5. The number of carbonyl (C=O) groups is 2. The van der Waals surface area contributed by atoms with Crippen LogP contribution in [0.4, 0.5) is 0 Å². The highest BCUT2D eigenvalue weighted by Gasteiger charge is 2.18. The Kier molecular flexibility index (Phi) is 6.49. The summed E-state index contributed by atoms with van der Waals surface area (Å²) in [5.74, 6) is -0.678. The summed E-state index contributed by atoms with van der Waals surface area (Å²) >= 11 is 0. The number of aryl methyl sites for hydroxylation is 1. The van der Waals surface area contributed by atoms with Gasteiger partial charge in [0.2, 0.25) is 5.91 Å². The van der Waals surface area contributed by atoms with Gasteiger partial charge in [0.15, 0.2) is 0 Å². The van der Waals surface area contributed by atoms with E-state index in [2.05, 4.69) is 31.1 Å². The minimum atomic E-state index is -0.735. The van der Waals surface area contributed by atoms with Crippen molar-refractivity contribution in [2.24, 2.45) is 0 Å². The van der Waals surface area contributed by atoms with Gasteiger partial charge >= 0.3 is 0 Å². The number of nitrogens with one attached hydrogen (secondary N) is 2. The van der Waals surface area contributed by atoms with Crippen molar-refractivity contribution in [1.82, 2.24) is 35.8 Å². The molecule has 2 N–H and O–H groups in total. The topological polar surface area (TPSA) is 115 Å². The minimum absolute atomic E-state index is 0.284. The number of amides is 2. The minimum Gasteiger partial charge on any atom is -0.349 e. The van der Waals surface area contributed by atoms with E-state index in [0.29, 0.717) is 11.3 Å². The van der Waals surface area contributed by atoms with Crippen LogP contribution in [0.3, 0.4) is 0 Å². The maximum atomic E-state index is 13.0. The van der Waals surface area contributed by atoms with Crippen molar-refractivity contribution >= 4 is 11.8 Å². The Bertz CT molecular complexity index is 1240. The summed E-state index contributed by atoms with van der Waals surface area (Å²) in [5, 5.41) is 16.8. The normalized spacial score (nSPS) is 11.6. The molecule has 33 heavy (non-hydrogen) atoms. The second kappa shape index (κ2) is 9.82. The van der Waals surface area contributed by atoms with Crippen molar-refractivity contribution in [2.75, 3.05) is 0 Å². The van der Waals surface area contributed by atoms with Gasteiger partial charge in [-0.2, -0.15) is 0 Å². The van der Waals surface area contributed by atoms with Crippen molar-refractivity contribution in [3.63, 3.8) is 0 Å². The highest BCUT2D eigenvalue weighted by molar-refractivity contribution is 5.99. The van der Waals surface area contributed by atoms with Crippen LogP contribution in [-0.2, 0) is 11.3 Å². The Morgan fingerprint density at radius 1 is 1.03 bits per heavy atom. The molecule has 9 nitrogen and oxygen atoms in total. The van der Waals surface area contributed by atoms with Crippen molar-refractivity contribution in [1.29, 1.82) is 0 Å². The molecule has 0 fully saturated rings. The van der Waals surface area contributed by atoms with Gasteiger partial charge in [0.25, 0.3) is 5.91 Å². The maximum absolute atomic E-state index is 13.0. The standard InChI is InChI=1S/C24H23N7O2/c1-16-6-8-18(9-7-16)19-11-20(13-22(12-19)31-15-27-29-30-31)24(33)28-17(2)23(32)26-14-21-5-3-4-10-25-21/h3-13,15,17H,14H2,1-2H3,(H,26,32)(H,28,33). The van der Waals surface area contributed by atoms with Crippen molar-refractivity contribution in [3.8, 4) is 16.8 Å². The van der Waals surface area contributed by atoms with E-state index in [1.54, 1.807) is 25.3 Å². The Balaban J connectivity index is 1.53. The van der Waals surface area contributed by atoms with Crippen LogP contribution in [0.15, 0.2) is 73.2 Å². The number of pyridine rings is 1. The van der Waals surface area contributed by atoms with Crippen LogP contribution >= 0.6 is 0 Å². The van der Waals surface area contributed by atoms with Gasteiger partial charge in [-0.25, -0.2) is 4.68 Å². The fourth-order valence-electron chi connectivity index (χ4n) is 3.25. The SMILES string of the molecule is Cc1ccc(-c2cc(C(=O)NC(C)C(=O)NCc3ccccn3)cc(-n3cnnn3)c2)cc1. The lowest BCUT2D eigenvalue weighted by Crippen LogP contribution is -2.44. The largest absolute Gasteiger partial charge is 0.349 e. The molecule has 1 atom stereocenters. The van der Waals surface area contributed by atoms with E-state index in [-0.39, 0.29) is 18.4 Å². The summed E-state index contributed by atoms with van der Waals surface area (Å²) in [7, 11) is 0. The zero-order chi connectivity index (χ0) is 23.2. The zero-order valence-corrected chi connectivity index (χ0v) is 18.3. The van der Waals surface area contributed by atoms with E-state index >= 15 is 0 Å². The van der Waals surface area contributed by atoms with Crippen LogP contribution in [0.1, 0.15) is 28.5 Å². The predicted octanol–water partition coefficient (Wildman–Crippen LogP) is 2.47. The van der Waals surface area contributed by atoms with Gasteiger partial charge in [0, 0.05) is 11.8 Å². The lowest BCUT2D eigenvalue weighted by atomic mass is 10.0. The quantitative estimate of drug-likeness (QED) is 0.455. The van der Waals surface area contributed by atoms with Gasteiger partial charge in [-0.3, -0.25) is 14.6 Å². The second-order valence-electron chi connectivity index (χ2n) is 7.62. The molecule has 0 spiro atoms. The number of hydrogen-bond acceptors (Lipinski definition) is 6. The third kappa shape index (κ3) is 5.45. The molecule has 0 aliphatic rings. The van der Waals surface area contributed by atoms with Crippen molar-refractivity contribution in [2.45, 2.75) is 26.4 Å². The van der Waals surface area contributed by atoms with Gasteiger partial charge in [0.1, 0.15) is 12.4 Å². The average Bonchev–Trinajstić information content (AvgIpc) is 3.38. The summed E-state index contributed by atoms with van der Waals surface area (Å²) in [4.78, 5) is 29.7. The fraction of sp³-hybridized carbons (Fsp3) is 0.167. The molecular formula is C24H23N7O2. The molecule has 0 bridgehead atoms. The van der Waals surface area contributed by atoms with Gasteiger partial charge in [-0.1, -0.05) is 35.9 Å². The smallest absolute Gasteiger partial charge is 0.252 e. The maximum Gasteiger partial charge on any atom is 0.252 e. The van der Waals surface area contributed by atoms with E-state index < -0.39 is 6.04 Å². The highest BCUT2D eigenvalue weighted by atomic mass is 16.2. The van der Waals surface area contributed by atoms with Crippen LogP contribution in [0, 0.1) is 6.92 Å². The lowest BCUT2D eigenvalue weighted by molar-refractivity contribution is -0.122. The third-order valence-corrected chi connectivity index (χ3v) is 5.09. The highest BCUT2D eigenvalue weighted by Crippen LogP contribution is 2.24. The molecule has 0 aliphatic heterocycles. The number of carbonyl (C=O) groups excluding carboxylic acids is 2. The van der Waals surface area contributed by atoms with Gasteiger partial charge < -0.3 is 10.6 Å². The summed E-state index contributed by atoms with van der Waals surface area (Å²) in [6.45, 7) is 3.93. The van der Waals surface area contributed by atoms with Gasteiger partial charge in [-0.15, -0.1) is 5.10 Å². The monoisotopic (exact) mass is 441 g/mol. The molecule has 166 valence electrons. The Morgan fingerprint density at radius 2 is 1.85 bits per heavy atom. The van der Waals surface area contributed by atoms with Gasteiger partial charge in [0.05, 0.1) is 17.9 Å². The second-order valence-corrected chi connectivity index (χ2v) is 7.62. The predicted molar refractivity (Wildman–Crippen MR) is 122 cm³/mol. The van der Waals surface area contributed by atoms with Crippen molar-refractivity contribution < 1.29 is 9.59 Å². The molecule has 9 heteroatoms. The Labute approximate surface area is 190 Å². The van der Waals surface area contributed by atoms with Gasteiger partial charge in [-0.05, 0) is 65.7 Å². The molecule has 2 amide bonds. The number of hydrogen-bond donors (Lipinski definition) is 2. The van der Waals surface area contributed by atoms with E-state index in [1.165, 1.54) is 11.0 Å². The molecule has 0 saturated carbocycles. The Morgan fingerprint density at radius 3 is 2.55 bits per heavy atom. The summed E-state index contributed by atoms with van der Waals surface area (Å²) in [5.41, 5.74) is 4.68. The first kappa shape index (κ1) is 21.8. The molecule has 1 unspecified atom stereocenters. The summed E-state index contributed by atoms with van der Waals surface area (Å²) < 4.78 is 1.48. The lowest BCUT2D eigenvalue weighted by Gasteiger charge is -2.15. The molecule has 2 aromatic heterocycles. The first-order valence-corrected chi connectivity index (χ1v) is 10.4. The van der Waals surface area contributed by atoms with Crippen LogP contribution in [0.25, 0.3) is 16.8 Å². The molecule has 0 aliphatic carbocycles. The molecular weight excluding hydrogens is 418 g/mol. The van der Waals surface area contributed by atoms with Crippen LogP contribution < -0.4 is 10.6 Å². The van der Waals surface area contributed by atoms with E-state index in [0.717, 1.165) is 22.4 Å². The first-order chi connectivity index (χ1) is 16.0. The number of tetrazole rings is 1. The molecule has 2 aromatic carbocycles. The van der Waals surface area contributed by atoms with E-state index in [9.17, 15) is 9.59 Å². The third-order valence-electron chi connectivity index (χ3n) is 5.09. The molecule has 4 rings (SSSR count). The molecule has 2 heterocycles. The van der Waals surface area contributed by atoms with E-state index in [4.69, 9.17) is 0 Å². The zero-order valence-electron chi connectivity index (χ0n) is 18.3.